The van der Waals surface area contributed by atoms with Crippen molar-refractivity contribution in [2.45, 2.75) is 0 Å². The summed E-state index contributed by atoms with van der Waals surface area (Å²) in [6, 6.07) is 5.43. The Labute approximate surface area is 87.8 Å². The molecule has 72 valence electrons. The molecule has 0 atom stereocenters. The van der Waals surface area contributed by atoms with Gasteiger partial charge in [-0.3, -0.25) is 0 Å². The summed E-state index contributed by atoms with van der Waals surface area (Å²) in [5.74, 6) is 0. The smallest absolute Gasteiger partial charge is 0.0635 e. The third-order valence-electron chi connectivity index (χ3n) is 1.55. The minimum absolute atomic E-state index is 0.559. The fourth-order valence-electron chi connectivity index (χ4n) is 0.904. The lowest BCUT2D eigenvalue weighted by atomic mass is 10.3. The number of nitrogens with one attached hydrogen (secondary N) is 1. The molecule has 4 heteroatoms. The third-order valence-corrected chi connectivity index (χ3v) is 2.29. The van der Waals surface area contributed by atoms with Crippen molar-refractivity contribution in [3.63, 3.8) is 0 Å². The van der Waals surface area contributed by atoms with Crippen LogP contribution >= 0.6 is 23.2 Å². The number of ether oxygens (including phenoxy) is 1. The molecule has 0 unspecified atom stereocenters. The Morgan fingerprint density at radius 3 is 2.69 bits per heavy atom. The normalized spacial score (nSPS) is 10.1. The minimum atomic E-state index is 0.559. The molecule has 0 aromatic heterocycles. The maximum Gasteiger partial charge on any atom is 0.0635 e. The van der Waals surface area contributed by atoms with Crippen LogP contribution in [0.1, 0.15) is 0 Å². The highest BCUT2D eigenvalue weighted by molar-refractivity contribution is 6.42. The van der Waals surface area contributed by atoms with Crippen LogP contribution in [-0.2, 0) is 4.74 Å². The zero-order chi connectivity index (χ0) is 9.68. The van der Waals surface area contributed by atoms with Gasteiger partial charge in [0.05, 0.1) is 16.7 Å². The van der Waals surface area contributed by atoms with Gasteiger partial charge in [0.2, 0.25) is 0 Å². The van der Waals surface area contributed by atoms with Crippen molar-refractivity contribution >= 4 is 28.9 Å². The second-order valence-corrected chi connectivity index (χ2v) is 3.36. The van der Waals surface area contributed by atoms with Crippen molar-refractivity contribution in [3.05, 3.63) is 28.2 Å². The van der Waals surface area contributed by atoms with Gasteiger partial charge in [0.25, 0.3) is 0 Å². The Balaban J connectivity index is 2.53. The molecular formula is C9H11Cl2NO. The maximum atomic E-state index is 5.82. The van der Waals surface area contributed by atoms with Gasteiger partial charge >= 0.3 is 0 Å². The van der Waals surface area contributed by atoms with E-state index in [1.807, 2.05) is 6.07 Å². The molecule has 0 fully saturated rings. The number of benzene rings is 1. The molecule has 0 radical (unpaired) electrons. The first-order chi connectivity index (χ1) is 6.24. The van der Waals surface area contributed by atoms with E-state index in [2.05, 4.69) is 5.32 Å². The average Bonchev–Trinajstić information content (AvgIpc) is 2.12. The second kappa shape index (κ2) is 5.32. The number of halogens is 2. The SMILES string of the molecule is COCCNc1ccc(Cl)c(Cl)c1. The van der Waals surface area contributed by atoms with E-state index in [0.29, 0.717) is 16.7 Å². The summed E-state index contributed by atoms with van der Waals surface area (Å²) in [7, 11) is 1.66. The van der Waals surface area contributed by atoms with E-state index in [1.165, 1.54) is 0 Å². The molecule has 0 aliphatic rings. The molecule has 0 aliphatic heterocycles. The summed E-state index contributed by atoms with van der Waals surface area (Å²) in [6.45, 7) is 1.43. The molecule has 0 bridgehead atoms. The number of hydrogen-bond acceptors (Lipinski definition) is 2. The van der Waals surface area contributed by atoms with Gasteiger partial charge in [-0.25, -0.2) is 0 Å². The molecule has 0 heterocycles. The van der Waals surface area contributed by atoms with E-state index >= 15 is 0 Å². The predicted molar refractivity (Wildman–Crippen MR) is 56.8 cm³/mol. The average molecular weight is 220 g/mol. The largest absolute Gasteiger partial charge is 0.383 e. The van der Waals surface area contributed by atoms with Gasteiger partial charge < -0.3 is 10.1 Å². The summed E-state index contributed by atoms with van der Waals surface area (Å²) in [5, 5.41) is 4.27. The van der Waals surface area contributed by atoms with Crippen molar-refractivity contribution < 1.29 is 4.74 Å². The van der Waals surface area contributed by atoms with Crippen molar-refractivity contribution in [3.8, 4) is 0 Å². The zero-order valence-electron chi connectivity index (χ0n) is 7.31. The van der Waals surface area contributed by atoms with E-state index in [0.717, 1.165) is 12.2 Å². The van der Waals surface area contributed by atoms with E-state index in [4.69, 9.17) is 27.9 Å². The highest BCUT2D eigenvalue weighted by Gasteiger charge is 1.97. The Hall–Kier alpha value is -0.440. The van der Waals surface area contributed by atoms with Crippen molar-refractivity contribution in [2.24, 2.45) is 0 Å². The fourth-order valence-corrected chi connectivity index (χ4v) is 1.20. The zero-order valence-corrected chi connectivity index (χ0v) is 8.82. The molecule has 2 nitrogen and oxygen atoms in total. The van der Waals surface area contributed by atoms with E-state index in [9.17, 15) is 0 Å². The van der Waals surface area contributed by atoms with Crippen LogP contribution in [0.2, 0.25) is 10.0 Å². The molecular weight excluding hydrogens is 209 g/mol. The summed E-state index contributed by atoms with van der Waals surface area (Å²) < 4.78 is 4.90. The molecule has 0 saturated heterocycles. The predicted octanol–water partition coefficient (Wildman–Crippen LogP) is 3.05. The van der Waals surface area contributed by atoms with Crippen molar-refractivity contribution in [2.75, 3.05) is 25.6 Å². The highest BCUT2D eigenvalue weighted by atomic mass is 35.5. The molecule has 0 aliphatic carbocycles. The van der Waals surface area contributed by atoms with Crippen LogP contribution in [-0.4, -0.2) is 20.3 Å². The van der Waals surface area contributed by atoms with Gasteiger partial charge in [0, 0.05) is 19.3 Å². The minimum Gasteiger partial charge on any atom is -0.383 e. The molecule has 0 saturated carbocycles. The van der Waals surface area contributed by atoms with Crippen molar-refractivity contribution in [1.82, 2.24) is 0 Å². The van der Waals surface area contributed by atoms with Gasteiger partial charge in [-0.1, -0.05) is 23.2 Å². The summed E-state index contributed by atoms with van der Waals surface area (Å²) in [5.41, 5.74) is 0.950. The maximum absolute atomic E-state index is 5.82. The Kier molecular flexibility index (Phi) is 4.36. The monoisotopic (exact) mass is 219 g/mol. The quantitative estimate of drug-likeness (QED) is 0.787. The fraction of sp³-hybridized carbons (Fsp3) is 0.333. The lowest BCUT2D eigenvalue weighted by Crippen LogP contribution is -2.07. The van der Waals surface area contributed by atoms with Gasteiger partial charge in [-0.15, -0.1) is 0 Å². The number of rotatable bonds is 4. The molecule has 1 aromatic rings. The van der Waals surface area contributed by atoms with Crippen molar-refractivity contribution in [1.29, 1.82) is 0 Å². The van der Waals surface area contributed by atoms with E-state index in [1.54, 1.807) is 19.2 Å². The van der Waals surface area contributed by atoms with Crippen LogP contribution in [0.15, 0.2) is 18.2 Å². The van der Waals surface area contributed by atoms with Gasteiger partial charge in [0.1, 0.15) is 0 Å². The Morgan fingerprint density at radius 1 is 1.31 bits per heavy atom. The molecule has 13 heavy (non-hydrogen) atoms. The topological polar surface area (TPSA) is 21.3 Å². The highest BCUT2D eigenvalue weighted by Crippen LogP contribution is 2.24. The number of anilines is 1. The van der Waals surface area contributed by atoms with Crippen LogP contribution in [0.25, 0.3) is 0 Å². The molecule has 0 spiro atoms. The molecule has 0 amide bonds. The lowest BCUT2D eigenvalue weighted by molar-refractivity contribution is 0.211. The number of methoxy groups -OCH3 is 1. The first-order valence-corrected chi connectivity index (χ1v) is 4.67. The summed E-state index contributed by atoms with van der Waals surface area (Å²) in [6.07, 6.45) is 0. The van der Waals surface area contributed by atoms with Crippen LogP contribution < -0.4 is 5.32 Å². The number of hydrogen-bond donors (Lipinski definition) is 1. The molecule has 1 N–H and O–H groups in total. The third kappa shape index (κ3) is 3.43. The van der Waals surface area contributed by atoms with Gasteiger partial charge in [-0.05, 0) is 18.2 Å². The molecule has 1 aromatic carbocycles. The van der Waals surface area contributed by atoms with Gasteiger partial charge in [-0.2, -0.15) is 0 Å². The van der Waals surface area contributed by atoms with E-state index < -0.39 is 0 Å². The summed E-state index contributed by atoms with van der Waals surface area (Å²) >= 11 is 11.6. The Bertz CT molecular complexity index is 278. The van der Waals surface area contributed by atoms with E-state index in [-0.39, 0.29) is 0 Å². The van der Waals surface area contributed by atoms with Crippen LogP contribution in [0.5, 0.6) is 0 Å². The first-order valence-electron chi connectivity index (χ1n) is 3.92. The van der Waals surface area contributed by atoms with Crippen LogP contribution in [0, 0.1) is 0 Å². The molecule has 1 rings (SSSR count). The van der Waals surface area contributed by atoms with Gasteiger partial charge in [0.15, 0.2) is 0 Å². The van der Waals surface area contributed by atoms with Crippen LogP contribution in [0.4, 0.5) is 5.69 Å². The first kappa shape index (κ1) is 10.6. The lowest BCUT2D eigenvalue weighted by Gasteiger charge is -2.06. The Morgan fingerprint density at radius 2 is 2.08 bits per heavy atom. The second-order valence-electron chi connectivity index (χ2n) is 2.55. The van der Waals surface area contributed by atoms with Crippen LogP contribution in [0.3, 0.4) is 0 Å². The standard InChI is InChI=1S/C9H11Cl2NO/c1-13-5-4-12-7-2-3-8(10)9(11)6-7/h2-3,6,12H,4-5H2,1H3. The summed E-state index contributed by atoms with van der Waals surface area (Å²) in [4.78, 5) is 0.